The summed E-state index contributed by atoms with van der Waals surface area (Å²) in [5, 5.41) is 19.5. The second-order valence-electron chi connectivity index (χ2n) is 5.31. The van der Waals surface area contributed by atoms with Crippen LogP contribution in [0.1, 0.15) is 43.4 Å². The third-order valence-corrected chi connectivity index (χ3v) is 3.56. The van der Waals surface area contributed by atoms with Crippen LogP contribution < -0.4 is 4.74 Å². The molecule has 0 aliphatic heterocycles. The highest BCUT2D eigenvalue weighted by Crippen LogP contribution is 2.33. The zero-order valence-electron chi connectivity index (χ0n) is 12.0. The normalized spacial score (nSPS) is 18.9. The van der Waals surface area contributed by atoms with Gasteiger partial charge in [-0.15, -0.1) is 0 Å². The number of rotatable bonds is 8. The maximum atomic E-state index is 9.76. The van der Waals surface area contributed by atoms with Crippen LogP contribution in [0, 0.1) is 0 Å². The maximum Gasteiger partial charge on any atom is 0.119 e. The fourth-order valence-electron chi connectivity index (χ4n) is 2.37. The molecule has 1 aromatic carbocycles. The number of aliphatic hydroxyl groups excluding tert-OH is 2. The smallest absolute Gasteiger partial charge is 0.119 e. The van der Waals surface area contributed by atoms with E-state index in [9.17, 15) is 10.2 Å². The lowest BCUT2D eigenvalue weighted by atomic mass is 10.1. The fraction of sp³-hybridized carbons (Fsp3) is 0.625. The van der Waals surface area contributed by atoms with E-state index >= 15 is 0 Å². The largest absolute Gasteiger partial charge is 0.491 e. The van der Waals surface area contributed by atoms with Gasteiger partial charge in [0.2, 0.25) is 0 Å². The average Bonchev–Trinajstić information content (AvgIpc) is 2.82. The number of ether oxygens (including phenoxy) is 2. The van der Waals surface area contributed by atoms with E-state index in [1.807, 2.05) is 18.2 Å². The summed E-state index contributed by atoms with van der Waals surface area (Å²) in [5.41, 5.74) is 2.14. The van der Waals surface area contributed by atoms with Gasteiger partial charge in [-0.05, 0) is 42.5 Å². The van der Waals surface area contributed by atoms with E-state index in [4.69, 9.17) is 9.47 Å². The van der Waals surface area contributed by atoms with Gasteiger partial charge < -0.3 is 19.7 Å². The molecule has 4 heteroatoms. The van der Waals surface area contributed by atoms with Crippen LogP contribution in [-0.2, 0) is 11.2 Å². The Kier molecular flexibility index (Phi) is 5.83. The van der Waals surface area contributed by atoms with E-state index < -0.39 is 6.10 Å². The van der Waals surface area contributed by atoms with Gasteiger partial charge in [-0.1, -0.05) is 19.4 Å². The summed E-state index contributed by atoms with van der Waals surface area (Å²) < 4.78 is 10.9. The van der Waals surface area contributed by atoms with Crippen molar-refractivity contribution in [3.63, 3.8) is 0 Å². The molecule has 20 heavy (non-hydrogen) atoms. The molecule has 0 bridgehead atoms. The first-order valence-electron chi connectivity index (χ1n) is 7.40. The molecule has 0 amide bonds. The molecule has 1 aliphatic carbocycles. The monoisotopic (exact) mass is 280 g/mol. The minimum Gasteiger partial charge on any atom is -0.491 e. The van der Waals surface area contributed by atoms with Gasteiger partial charge >= 0.3 is 0 Å². The Morgan fingerprint density at radius 3 is 3.00 bits per heavy atom. The Morgan fingerprint density at radius 2 is 2.20 bits per heavy atom. The van der Waals surface area contributed by atoms with E-state index in [0.29, 0.717) is 13.2 Å². The van der Waals surface area contributed by atoms with E-state index in [0.717, 1.165) is 42.6 Å². The van der Waals surface area contributed by atoms with Crippen molar-refractivity contribution in [1.29, 1.82) is 0 Å². The Bertz CT molecular complexity index is 419. The van der Waals surface area contributed by atoms with Crippen LogP contribution >= 0.6 is 0 Å². The van der Waals surface area contributed by atoms with E-state index in [1.54, 1.807) is 0 Å². The Morgan fingerprint density at radius 1 is 1.35 bits per heavy atom. The molecule has 2 atom stereocenters. The van der Waals surface area contributed by atoms with Gasteiger partial charge in [-0.2, -0.15) is 0 Å². The molecule has 2 rings (SSSR count). The lowest BCUT2D eigenvalue weighted by Crippen LogP contribution is -2.23. The van der Waals surface area contributed by atoms with Crippen molar-refractivity contribution < 1.29 is 19.7 Å². The molecule has 112 valence electrons. The first-order valence-corrected chi connectivity index (χ1v) is 7.40. The van der Waals surface area contributed by atoms with Crippen LogP contribution in [0.3, 0.4) is 0 Å². The van der Waals surface area contributed by atoms with Crippen molar-refractivity contribution in [3.8, 4) is 5.75 Å². The van der Waals surface area contributed by atoms with Gasteiger partial charge in [0, 0.05) is 6.61 Å². The van der Waals surface area contributed by atoms with Gasteiger partial charge in [-0.3, -0.25) is 0 Å². The topological polar surface area (TPSA) is 58.9 Å². The summed E-state index contributed by atoms with van der Waals surface area (Å²) in [6, 6.07) is 5.71. The molecular weight excluding hydrogens is 256 g/mol. The standard InChI is InChI=1S/C16H24O4/c1-2-3-8-19-10-13(17)11-20-14-5-6-15-12(9-14)4-7-16(15)18/h5-6,9,13,16-18H,2-4,7-8,10-11H2,1H3. The molecule has 0 spiro atoms. The van der Waals surface area contributed by atoms with Crippen molar-refractivity contribution >= 4 is 0 Å². The molecule has 0 saturated carbocycles. The number of unbranched alkanes of at least 4 members (excludes halogenated alkanes) is 1. The van der Waals surface area contributed by atoms with Crippen LogP contribution in [0.15, 0.2) is 18.2 Å². The van der Waals surface area contributed by atoms with E-state index in [1.165, 1.54) is 0 Å². The molecule has 0 radical (unpaired) electrons. The minimum absolute atomic E-state index is 0.230. The summed E-state index contributed by atoms with van der Waals surface area (Å²) in [5.74, 6) is 0.741. The molecule has 2 N–H and O–H groups in total. The quantitative estimate of drug-likeness (QED) is 0.717. The average molecular weight is 280 g/mol. The fourth-order valence-corrected chi connectivity index (χ4v) is 2.37. The molecule has 2 unspecified atom stereocenters. The lowest BCUT2D eigenvalue weighted by molar-refractivity contribution is 0.0113. The van der Waals surface area contributed by atoms with Crippen molar-refractivity contribution in [2.24, 2.45) is 0 Å². The highest BCUT2D eigenvalue weighted by atomic mass is 16.5. The Balaban J connectivity index is 1.74. The molecule has 0 fully saturated rings. The van der Waals surface area contributed by atoms with Crippen molar-refractivity contribution in [3.05, 3.63) is 29.3 Å². The SMILES string of the molecule is CCCCOCC(O)COc1ccc2c(c1)CCC2O. The molecule has 0 aromatic heterocycles. The van der Waals surface area contributed by atoms with Crippen LogP contribution in [0.4, 0.5) is 0 Å². The third kappa shape index (κ3) is 4.20. The lowest BCUT2D eigenvalue weighted by Gasteiger charge is -2.13. The number of aryl methyl sites for hydroxylation is 1. The van der Waals surface area contributed by atoms with Crippen LogP contribution in [0.2, 0.25) is 0 Å². The van der Waals surface area contributed by atoms with Gasteiger partial charge in [0.05, 0.1) is 12.7 Å². The van der Waals surface area contributed by atoms with Crippen LogP contribution in [-0.4, -0.2) is 36.1 Å². The van der Waals surface area contributed by atoms with Crippen LogP contribution in [0.25, 0.3) is 0 Å². The van der Waals surface area contributed by atoms with Gasteiger partial charge in [0.15, 0.2) is 0 Å². The Hall–Kier alpha value is -1.10. The third-order valence-electron chi connectivity index (χ3n) is 3.56. The molecule has 0 saturated heterocycles. The highest BCUT2D eigenvalue weighted by Gasteiger charge is 2.20. The van der Waals surface area contributed by atoms with Gasteiger partial charge in [0.1, 0.15) is 18.5 Å². The van der Waals surface area contributed by atoms with Gasteiger partial charge in [-0.25, -0.2) is 0 Å². The summed E-state index contributed by atoms with van der Waals surface area (Å²) >= 11 is 0. The van der Waals surface area contributed by atoms with Crippen molar-refractivity contribution in [2.45, 2.75) is 44.8 Å². The number of benzene rings is 1. The van der Waals surface area contributed by atoms with E-state index in [-0.39, 0.29) is 12.7 Å². The first-order chi connectivity index (χ1) is 9.70. The minimum atomic E-state index is -0.606. The zero-order valence-corrected chi connectivity index (χ0v) is 12.0. The summed E-state index contributed by atoms with van der Waals surface area (Å²) in [6.45, 7) is 3.33. The molecule has 4 nitrogen and oxygen atoms in total. The Labute approximate surface area is 120 Å². The van der Waals surface area contributed by atoms with E-state index in [2.05, 4.69) is 6.92 Å². The molecule has 1 aromatic rings. The van der Waals surface area contributed by atoms with Gasteiger partial charge in [0.25, 0.3) is 0 Å². The van der Waals surface area contributed by atoms with Crippen LogP contribution in [0.5, 0.6) is 5.75 Å². The highest BCUT2D eigenvalue weighted by molar-refractivity contribution is 5.39. The summed E-state index contributed by atoms with van der Waals surface area (Å²) in [6.07, 6.45) is 2.83. The van der Waals surface area contributed by atoms with Crippen molar-refractivity contribution in [2.75, 3.05) is 19.8 Å². The summed E-state index contributed by atoms with van der Waals surface area (Å²) in [4.78, 5) is 0. The zero-order chi connectivity index (χ0) is 14.4. The maximum absolute atomic E-state index is 9.76. The molecular formula is C16H24O4. The summed E-state index contributed by atoms with van der Waals surface area (Å²) in [7, 11) is 0. The second kappa shape index (κ2) is 7.62. The molecule has 0 heterocycles. The predicted octanol–water partition coefficient (Wildman–Crippen LogP) is 2.22. The number of fused-ring (bicyclic) bond motifs is 1. The second-order valence-corrected chi connectivity index (χ2v) is 5.31. The first kappa shape index (κ1) is 15.3. The number of hydrogen-bond acceptors (Lipinski definition) is 4. The molecule has 1 aliphatic rings. The number of hydrogen-bond donors (Lipinski definition) is 2. The van der Waals surface area contributed by atoms with Crippen molar-refractivity contribution in [1.82, 2.24) is 0 Å². The number of aliphatic hydroxyl groups is 2. The predicted molar refractivity (Wildman–Crippen MR) is 77.0 cm³/mol.